The van der Waals surface area contributed by atoms with E-state index in [1.54, 1.807) is 13.3 Å². The van der Waals surface area contributed by atoms with Crippen molar-refractivity contribution in [1.29, 1.82) is 0 Å². The van der Waals surface area contributed by atoms with Crippen LogP contribution in [0.1, 0.15) is 25.8 Å². The van der Waals surface area contributed by atoms with Crippen molar-refractivity contribution >= 4 is 29.9 Å². The van der Waals surface area contributed by atoms with E-state index in [1.165, 1.54) is 0 Å². The van der Waals surface area contributed by atoms with E-state index in [-0.39, 0.29) is 24.0 Å². The van der Waals surface area contributed by atoms with Crippen molar-refractivity contribution in [3.05, 3.63) is 23.9 Å². The smallest absolute Gasteiger partial charge is 0.213 e. The topological polar surface area (TPSA) is 67.8 Å². The molecule has 0 aliphatic heterocycles. The number of aromatic nitrogens is 1. The van der Waals surface area contributed by atoms with Gasteiger partial charge in [-0.2, -0.15) is 0 Å². The summed E-state index contributed by atoms with van der Waals surface area (Å²) in [5, 5.41) is 6.48. The molecule has 6 nitrogen and oxygen atoms in total. The zero-order valence-corrected chi connectivity index (χ0v) is 15.9. The normalized spacial score (nSPS) is 10.8. The van der Waals surface area contributed by atoms with Gasteiger partial charge in [-0.25, -0.2) is 9.98 Å². The molecule has 0 radical (unpaired) electrons. The first-order valence-electron chi connectivity index (χ1n) is 7.39. The van der Waals surface area contributed by atoms with Crippen LogP contribution in [-0.4, -0.2) is 44.4 Å². The number of guanidine groups is 1. The largest absolute Gasteiger partial charge is 0.475 e. The second-order valence-corrected chi connectivity index (χ2v) is 4.47. The monoisotopic (exact) mass is 422 g/mol. The molecule has 0 amide bonds. The Kier molecular flexibility index (Phi) is 12.9. The predicted molar refractivity (Wildman–Crippen MR) is 100 cm³/mol. The molecule has 1 rings (SSSR count). The van der Waals surface area contributed by atoms with Gasteiger partial charge in [-0.1, -0.05) is 13.0 Å². The fourth-order valence-corrected chi connectivity index (χ4v) is 1.57. The minimum atomic E-state index is 0. The fourth-order valence-electron chi connectivity index (χ4n) is 1.57. The molecular formula is C15H27IN4O2. The number of hydrogen-bond acceptors (Lipinski definition) is 4. The minimum absolute atomic E-state index is 0. The molecule has 0 saturated heterocycles. The number of halogens is 1. The van der Waals surface area contributed by atoms with Gasteiger partial charge in [0, 0.05) is 32.5 Å². The fraction of sp³-hybridized carbons (Fsp3) is 0.600. The number of rotatable bonds is 9. The average Bonchev–Trinajstić information content (AvgIpc) is 2.51. The summed E-state index contributed by atoms with van der Waals surface area (Å²) >= 11 is 0. The maximum absolute atomic E-state index is 5.42. The molecule has 0 fully saturated rings. The summed E-state index contributed by atoms with van der Waals surface area (Å²) in [6, 6.07) is 3.83. The van der Waals surface area contributed by atoms with Crippen LogP contribution in [0.15, 0.2) is 23.3 Å². The molecule has 2 N–H and O–H groups in total. The highest BCUT2D eigenvalue weighted by molar-refractivity contribution is 14.0. The summed E-state index contributed by atoms with van der Waals surface area (Å²) in [6.07, 6.45) is 2.86. The summed E-state index contributed by atoms with van der Waals surface area (Å²) in [5.41, 5.74) is 1.04. The molecule has 1 heterocycles. The Morgan fingerprint density at radius 1 is 1.23 bits per heavy atom. The highest BCUT2D eigenvalue weighted by atomic mass is 127. The lowest BCUT2D eigenvalue weighted by Gasteiger charge is -2.10. The lowest BCUT2D eigenvalue weighted by molar-refractivity contribution is 0.143. The molecule has 0 aromatic carbocycles. The van der Waals surface area contributed by atoms with Crippen LogP contribution >= 0.6 is 24.0 Å². The standard InChI is InChI=1S/C15H26N4O2.HI/c1-4-8-17-15(16-5-2)19-12-13-6-7-14(18-11-13)21-10-9-20-3;/h6-7,11H,4-5,8-10,12H2,1-3H3,(H2,16,17,19);1H. The van der Waals surface area contributed by atoms with Gasteiger partial charge in [0.1, 0.15) is 6.61 Å². The van der Waals surface area contributed by atoms with E-state index >= 15 is 0 Å². The van der Waals surface area contributed by atoms with E-state index in [2.05, 4.69) is 34.5 Å². The molecule has 0 spiro atoms. The van der Waals surface area contributed by atoms with Crippen molar-refractivity contribution in [2.24, 2.45) is 4.99 Å². The summed E-state index contributed by atoms with van der Waals surface area (Å²) < 4.78 is 10.3. The second-order valence-electron chi connectivity index (χ2n) is 4.47. The van der Waals surface area contributed by atoms with Crippen LogP contribution in [0, 0.1) is 0 Å². The van der Waals surface area contributed by atoms with Crippen LogP contribution in [0.4, 0.5) is 0 Å². The van der Waals surface area contributed by atoms with E-state index in [0.717, 1.165) is 31.0 Å². The third-order valence-electron chi connectivity index (χ3n) is 2.64. The van der Waals surface area contributed by atoms with Crippen molar-refractivity contribution in [2.45, 2.75) is 26.8 Å². The molecule has 0 unspecified atom stereocenters. The van der Waals surface area contributed by atoms with Gasteiger partial charge in [0.15, 0.2) is 5.96 Å². The molecule has 0 aliphatic carbocycles. The van der Waals surface area contributed by atoms with Gasteiger partial charge in [-0.05, 0) is 18.9 Å². The van der Waals surface area contributed by atoms with Crippen LogP contribution in [0.5, 0.6) is 5.88 Å². The molecule has 0 aliphatic rings. The number of pyridine rings is 1. The number of methoxy groups -OCH3 is 1. The number of nitrogens with one attached hydrogen (secondary N) is 2. The molecule has 126 valence electrons. The third kappa shape index (κ3) is 9.04. The molecule has 0 bridgehead atoms. The number of hydrogen-bond donors (Lipinski definition) is 2. The van der Waals surface area contributed by atoms with Crippen molar-refractivity contribution in [3.8, 4) is 5.88 Å². The molecular weight excluding hydrogens is 395 g/mol. The predicted octanol–water partition coefficient (Wildman–Crippen LogP) is 2.19. The summed E-state index contributed by atoms with van der Waals surface area (Å²) in [5.74, 6) is 1.44. The molecule has 0 saturated carbocycles. The van der Waals surface area contributed by atoms with Crippen LogP contribution in [-0.2, 0) is 11.3 Å². The van der Waals surface area contributed by atoms with Crippen LogP contribution in [0.2, 0.25) is 0 Å². The molecule has 1 aromatic rings. The first kappa shape index (κ1) is 20.9. The second kappa shape index (κ2) is 13.6. The molecule has 22 heavy (non-hydrogen) atoms. The number of aliphatic imine (C=N–C) groups is 1. The van der Waals surface area contributed by atoms with Crippen molar-refractivity contribution in [2.75, 3.05) is 33.4 Å². The van der Waals surface area contributed by atoms with Gasteiger partial charge < -0.3 is 20.1 Å². The Balaban J connectivity index is 0.00000441. The van der Waals surface area contributed by atoms with Gasteiger partial charge in [0.05, 0.1) is 13.2 Å². The van der Waals surface area contributed by atoms with Crippen LogP contribution in [0.3, 0.4) is 0 Å². The average molecular weight is 422 g/mol. The van der Waals surface area contributed by atoms with Gasteiger partial charge >= 0.3 is 0 Å². The van der Waals surface area contributed by atoms with E-state index in [9.17, 15) is 0 Å². The first-order valence-corrected chi connectivity index (χ1v) is 7.39. The summed E-state index contributed by atoms with van der Waals surface area (Å²) in [7, 11) is 1.65. The van der Waals surface area contributed by atoms with Gasteiger partial charge in [-0.3, -0.25) is 0 Å². The number of nitrogens with zero attached hydrogens (tertiary/aromatic N) is 2. The molecule has 7 heteroatoms. The third-order valence-corrected chi connectivity index (χ3v) is 2.64. The van der Waals surface area contributed by atoms with Crippen LogP contribution < -0.4 is 15.4 Å². The lowest BCUT2D eigenvalue weighted by Crippen LogP contribution is -2.37. The van der Waals surface area contributed by atoms with Gasteiger partial charge in [-0.15, -0.1) is 24.0 Å². The quantitative estimate of drug-likeness (QED) is 0.277. The zero-order valence-electron chi connectivity index (χ0n) is 13.6. The van der Waals surface area contributed by atoms with Crippen molar-refractivity contribution in [3.63, 3.8) is 0 Å². The van der Waals surface area contributed by atoms with Gasteiger partial charge in [0.2, 0.25) is 5.88 Å². The van der Waals surface area contributed by atoms with E-state index in [4.69, 9.17) is 9.47 Å². The van der Waals surface area contributed by atoms with E-state index < -0.39 is 0 Å². The highest BCUT2D eigenvalue weighted by Crippen LogP contribution is 2.08. The van der Waals surface area contributed by atoms with Crippen LogP contribution in [0.25, 0.3) is 0 Å². The van der Waals surface area contributed by atoms with Gasteiger partial charge in [0.25, 0.3) is 0 Å². The Morgan fingerprint density at radius 2 is 2.05 bits per heavy atom. The SMILES string of the molecule is CCCNC(=NCc1ccc(OCCOC)nc1)NCC.I. The molecule has 0 atom stereocenters. The van der Waals surface area contributed by atoms with Crippen molar-refractivity contribution < 1.29 is 9.47 Å². The Hall–Kier alpha value is -1.09. The maximum atomic E-state index is 5.42. The summed E-state index contributed by atoms with van der Waals surface area (Å²) in [6.45, 7) is 7.59. The highest BCUT2D eigenvalue weighted by Gasteiger charge is 1.99. The van der Waals surface area contributed by atoms with E-state index in [0.29, 0.717) is 25.6 Å². The summed E-state index contributed by atoms with van der Waals surface area (Å²) in [4.78, 5) is 8.77. The Labute approximate surface area is 150 Å². The lowest BCUT2D eigenvalue weighted by atomic mass is 10.3. The Bertz CT molecular complexity index is 413. The number of ether oxygens (including phenoxy) is 2. The van der Waals surface area contributed by atoms with Crippen molar-refractivity contribution in [1.82, 2.24) is 15.6 Å². The zero-order chi connectivity index (χ0) is 15.3. The Morgan fingerprint density at radius 3 is 2.64 bits per heavy atom. The minimum Gasteiger partial charge on any atom is -0.475 e. The maximum Gasteiger partial charge on any atom is 0.213 e. The molecule has 1 aromatic heterocycles. The first-order chi connectivity index (χ1) is 10.3. The van der Waals surface area contributed by atoms with E-state index in [1.807, 2.05) is 12.1 Å².